The van der Waals surface area contributed by atoms with Crippen LogP contribution in [0.1, 0.15) is 12.8 Å². The van der Waals surface area contributed by atoms with E-state index in [2.05, 4.69) is 15.6 Å². The molecule has 1 aromatic rings. The number of nitrogens with zero attached hydrogens (tertiary/aromatic N) is 1. The Bertz CT molecular complexity index is 550. The van der Waals surface area contributed by atoms with Crippen molar-refractivity contribution in [1.29, 1.82) is 0 Å². The molecule has 22 heavy (non-hydrogen) atoms. The minimum absolute atomic E-state index is 0. The van der Waals surface area contributed by atoms with Gasteiger partial charge in [-0.15, -0.1) is 24.0 Å². The van der Waals surface area contributed by atoms with Crippen LogP contribution in [0.3, 0.4) is 0 Å². The number of carbonyl (C=O) groups is 1. The van der Waals surface area contributed by atoms with Crippen LogP contribution in [0.2, 0.25) is 5.02 Å². The summed E-state index contributed by atoms with van der Waals surface area (Å²) in [7, 11) is 1.55. The van der Waals surface area contributed by atoms with Gasteiger partial charge in [0, 0.05) is 12.2 Å². The zero-order chi connectivity index (χ0) is 15.2. The van der Waals surface area contributed by atoms with Gasteiger partial charge in [0.25, 0.3) is 0 Å². The van der Waals surface area contributed by atoms with Gasteiger partial charge < -0.3 is 21.1 Å². The van der Waals surface area contributed by atoms with Crippen LogP contribution in [0, 0.1) is 5.92 Å². The van der Waals surface area contributed by atoms with Gasteiger partial charge >= 0.3 is 0 Å². The fraction of sp³-hybridized carbons (Fsp3) is 0.429. The van der Waals surface area contributed by atoms with Gasteiger partial charge in [-0.2, -0.15) is 0 Å². The van der Waals surface area contributed by atoms with E-state index in [1.807, 2.05) is 0 Å². The van der Waals surface area contributed by atoms with E-state index >= 15 is 0 Å². The second-order valence-corrected chi connectivity index (χ2v) is 5.33. The summed E-state index contributed by atoms with van der Waals surface area (Å²) in [4.78, 5) is 15.5. The molecule has 1 aromatic carbocycles. The predicted octanol–water partition coefficient (Wildman–Crippen LogP) is 2.22. The Morgan fingerprint density at radius 2 is 2.23 bits per heavy atom. The van der Waals surface area contributed by atoms with E-state index in [0.29, 0.717) is 22.4 Å². The first kappa shape index (κ1) is 18.8. The van der Waals surface area contributed by atoms with Crippen molar-refractivity contribution in [2.75, 3.05) is 25.5 Å². The maximum Gasteiger partial charge on any atom is 0.241 e. The van der Waals surface area contributed by atoms with Crippen LogP contribution >= 0.6 is 35.6 Å². The summed E-state index contributed by atoms with van der Waals surface area (Å²) in [5, 5.41) is 6.17. The molecule has 8 heteroatoms. The molecule has 2 rings (SSSR count). The SMILES string of the molecule is COc1ccc(NC(N)=NCC(=O)NCC2CC2)cc1Cl.I. The molecule has 0 radical (unpaired) electrons. The Morgan fingerprint density at radius 1 is 1.50 bits per heavy atom. The third kappa shape index (κ3) is 6.27. The number of nitrogens with two attached hydrogens (primary N) is 1. The number of guanidine groups is 1. The summed E-state index contributed by atoms with van der Waals surface area (Å²) < 4.78 is 5.06. The Labute approximate surface area is 151 Å². The summed E-state index contributed by atoms with van der Waals surface area (Å²) in [5.41, 5.74) is 6.41. The second-order valence-electron chi connectivity index (χ2n) is 4.92. The normalized spacial score (nSPS) is 14.0. The van der Waals surface area contributed by atoms with Gasteiger partial charge in [0.2, 0.25) is 5.91 Å². The van der Waals surface area contributed by atoms with Crippen LogP contribution in [0.5, 0.6) is 5.75 Å². The average Bonchev–Trinajstić information content (AvgIpc) is 3.27. The first-order valence-electron chi connectivity index (χ1n) is 6.75. The van der Waals surface area contributed by atoms with Crippen molar-refractivity contribution < 1.29 is 9.53 Å². The molecule has 0 spiro atoms. The number of nitrogens with one attached hydrogen (secondary N) is 2. The Kier molecular flexibility index (Phi) is 7.74. The van der Waals surface area contributed by atoms with Crippen LogP contribution < -0.4 is 21.1 Å². The van der Waals surface area contributed by atoms with Crippen molar-refractivity contribution in [3.8, 4) is 5.75 Å². The lowest BCUT2D eigenvalue weighted by Crippen LogP contribution is -2.30. The van der Waals surface area contributed by atoms with Crippen LogP contribution in [-0.2, 0) is 4.79 Å². The highest BCUT2D eigenvalue weighted by atomic mass is 127. The van der Waals surface area contributed by atoms with Gasteiger partial charge in [-0.05, 0) is 37.0 Å². The van der Waals surface area contributed by atoms with Crippen molar-refractivity contribution in [3.05, 3.63) is 23.2 Å². The first-order valence-corrected chi connectivity index (χ1v) is 7.13. The van der Waals surface area contributed by atoms with Crippen LogP contribution in [-0.4, -0.2) is 32.1 Å². The van der Waals surface area contributed by atoms with Crippen LogP contribution in [0.25, 0.3) is 0 Å². The van der Waals surface area contributed by atoms with E-state index in [-0.39, 0.29) is 42.4 Å². The highest BCUT2D eigenvalue weighted by Gasteiger charge is 2.21. The van der Waals surface area contributed by atoms with Gasteiger partial charge in [-0.1, -0.05) is 11.6 Å². The van der Waals surface area contributed by atoms with E-state index in [0.717, 1.165) is 6.54 Å². The molecule has 1 saturated carbocycles. The quantitative estimate of drug-likeness (QED) is 0.361. The molecule has 0 aliphatic heterocycles. The van der Waals surface area contributed by atoms with Crippen molar-refractivity contribution in [3.63, 3.8) is 0 Å². The lowest BCUT2D eigenvalue weighted by molar-refractivity contribution is -0.119. The first-order chi connectivity index (χ1) is 10.1. The number of benzene rings is 1. The maximum atomic E-state index is 11.5. The minimum Gasteiger partial charge on any atom is -0.495 e. The van der Waals surface area contributed by atoms with Crippen molar-refractivity contribution in [2.45, 2.75) is 12.8 Å². The molecule has 1 fully saturated rings. The smallest absolute Gasteiger partial charge is 0.241 e. The Balaban J connectivity index is 0.00000242. The fourth-order valence-electron chi connectivity index (χ4n) is 1.72. The maximum absolute atomic E-state index is 11.5. The van der Waals surface area contributed by atoms with Crippen molar-refractivity contribution in [1.82, 2.24) is 5.32 Å². The molecule has 1 aliphatic carbocycles. The van der Waals surface area contributed by atoms with Gasteiger partial charge in [0.1, 0.15) is 12.3 Å². The number of hydrogen-bond donors (Lipinski definition) is 3. The Morgan fingerprint density at radius 3 is 2.82 bits per heavy atom. The van der Waals surface area contributed by atoms with E-state index in [4.69, 9.17) is 22.1 Å². The third-order valence-corrected chi connectivity index (χ3v) is 3.40. The zero-order valence-electron chi connectivity index (χ0n) is 12.3. The number of rotatable bonds is 6. The zero-order valence-corrected chi connectivity index (χ0v) is 15.4. The lowest BCUT2D eigenvalue weighted by atomic mass is 10.3. The topological polar surface area (TPSA) is 88.7 Å². The van der Waals surface area contributed by atoms with Gasteiger partial charge in [-0.3, -0.25) is 4.79 Å². The number of carbonyl (C=O) groups excluding carboxylic acids is 1. The molecule has 0 heterocycles. The van der Waals surface area contributed by atoms with E-state index in [9.17, 15) is 4.79 Å². The van der Waals surface area contributed by atoms with Crippen molar-refractivity contribution >= 4 is 53.1 Å². The van der Waals surface area contributed by atoms with Crippen LogP contribution in [0.15, 0.2) is 23.2 Å². The number of methoxy groups -OCH3 is 1. The van der Waals surface area contributed by atoms with Gasteiger partial charge in [0.05, 0.1) is 12.1 Å². The number of hydrogen-bond acceptors (Lipinski definition) is 3. The summed E-state index contributed by atoms with van der Waals surface area (Å²) >= 11 is 6.01. The summed E-state index contributed by atoms with van der Waals surface area (Å²) in [5.74, 6) is 1.27. The van der Waals surface area contributed by atoms with E-state index in [1.54, 1.807) is 25.3 Å². The molecule has 4 N–H and O–H groups in total. The molecule has 0 bridgehead atoms. The van der Waals surface area contributed by atoms with E-state index < -0.39 is 0 Å². The van der Waals surface area contributed by atoms with Crippen LogP contribution in [0.4, 0.5) is 5.69 Å². The minimum atomic E-state index is -0.126. The fourth-order valence-corrected chi connectivity index (χ4v) is 1.98. The molecular weight excluding hydrogens is 419 g/mol. The summed E-state index contributed by atoms with van der Waals surface area (Å²) in [6.45, 7) is 0.741. The highest BCUT2D eigenvalue weighted by molar-refractivity contribution is 14.0. The number of ether oxygens (including phenoxy) is 1. The Hall–Kier alpha value is -1.22. The predicted molar refractivity (Wildman–Crippen MR) is 99.3 cm³/mol. The molecule has 6 nitrogen and oxygen atoms in total. The molecule has 0 saturated heterocycles. The molecule has 1 amide bonds. The van der Waals surface area contributed by atoms with Gasteiger partial charge in [0.15, 0.2) is 5.96 Å². The second kappa shape index (κ2) is 9.04. The molecule has 0 atom stereocenters. The number of anilines is 1. The molecule has 0 aromatic heterocycles. The number of amides is 1. The van der Waals surface area contributed by atoms with Crippen molar-refractivity contribution in [2.24, 2.45) is 16.6 Å². The summed E-state index contributed by atoms with van der Waals surface area (Å²) in [6, 6.07) is 5.16. The van der Waals surface area contributed by atoms with E-state index in [1.165, 1.54) is 12.8 Å². The van der Waals surface area contributed by atoms with Gasteiger partial charge in [-0.25, -0.2) is 4.99 Å². The number of halogens is 2. The largest absolute Gasteiger partial charge is 0.495 e. The molecule has 0 unspecified atom stereocenters. The molecule has 122 valence electrons. The monoisotopic (exact) mass is 438 g/mol. The third-order valence-electron chi connectivity index (χ3n) is 3.10. The lowest BCUT2D eigenvalue weighted by Gasteiger charge is -2.08. The summed E-state index contributed by atoms with van der Waals surface area (Å²) in [6.07, 6.45) is 2.40. The molecular formula is C14H20ClIN4O2. The highest BCUT2D eigenvalue weighted by Crippen LogP contribution is 2.27. The standard InChI is InChI=1S/C14H19ClN4O2.HI/c1-21-12-5-4-10(6-11(12)15)19-14(16)18-8-13(20)17-7-9-2-3-9;/h4-6,9H,2-3,7-8H2,1H3,(H,17,20)(H3,16,18,19);1H. The number of aliphatic imine (C=N–C) groups is 1. The average molecular weight is 439 g/mol. The molecule has 1 aliphatic rings.